The third kappa shape index (κ3) is 3.10. The molecule has 1 amide bonds. The summed E-state index contributed by atoms with van der Waals surface area (Å²) >= 11 is 0. The molecule has 1 heterocycles. The van der Waals surface area contributed by atoms with Crippen molar-refractivity contribution in [2.24, 2.45) is 0 Å². The minimum atomic E-state index is -1.09. The molecule has 3 N–H and O–H groups in total. The number of carboxylic acid groups (broad SMARTS) is 1. The predicted octanol–water partition coefficient (Wildman–Crippen LogP) is 1.62. The van der Waals surface area contributed by atoms with Gasteiger partial charge in [-0.25, -0.2) is 9.78 Å². The topological polar surface area (TPSA) is 91.3 Å². The van der Waals surface area contributed by atoms with E-state index in [4.69, 9.17) is 5.11 Å². The van der Waals surface area contributed by atoms with Crippen LogP contribution in [0.1, 0.15) is 23.3 Å². The average molecular weight is 285 g/mol. The van der Waals surface area contributed by atoms with Crippen LogP contribution in [0.3, 0.4) is 0 Å². The number of amides is 1. The Balaban J connectivity index is 1.84. The van der Waals surface area contributed by atoms with E-state index in [0.29, 0.717) is 11.9 Å². The second-order valence-electron chi connectivity index (χ2n) is 5.08. The second-order valence-corrected chi connectivity index (χ2v) is 5.08. The number of hydrogen-bond acceptors (Lipinski definition) is 4. The standard InChI is InChI=1S/C15H15N3O3/c19-13(17-10-5-6-10)8-16-14-11-4-2-1-3-9(11)7-12(18-14)15(20)21/h1-4,7,10H,5-6,8H2,(H,16,18)(H,17,19)(H,20,21). The molecule has 0 bridgehead atoms. The molecule has 0 saturated heterocycles. The Hall–Kier alpha value is -2.63. The molecule has 1 aliphatic carbocycles. The summed E-state index contributed by atoms with van der Waals surface area (Å²) in [6.45, 7) is 0.0799. The predicted molar refractivity (Wildman–Crippen MR) is 78.4 cm³/mol. The fourth-order valence-corrected chi connectivity index (χ4v) is 2.11. The van der Waals surface area contributed by atoms with Gasteiger partial charge < -0.3 is 15.7 Å². The van der Waals surface area contributed by atoms with Gasteiger partial charge in [0, 0.05) is 11.4 Å². The monoisotopic (exact) mass is 285 g/mol. The Morgan fingerprint density at radius 1 is 1.29 bits per heavy atom. The maximum atomic E-state index is 11.7. The molecule has 6 nitrogen and oxygen atoms in total. The largest absolute Gasteiger partial charge is 0.477 e. The van der Waals surface area contributed by atoms with E-state index in [2.05, 4.69) is 15.6 Å². The molecule has 1 aromatic carbocycles. The van der Waals surface area contributed by atoms with Gasteiger partial charge in [-0.05, 0) is 24.3 Å². The van der Waals surface area contributed by atoms with Crippen molar-refractivity contribution in [2.45, 2.75) is 18.9 Å². The molecule has 0 aliphatic heterocycles. The van der Waals surface area contributed by atoms with Crippen molar-refractivity contribution in [1.82, 2.24) is 10.3 Å². The van der Waals surface area contributed by atoms with Crippen LogP contribution in [0.15, 0.2) is 30.3 Å². The number of carbonyl (C=O) groups excluding carboxylic acids is 1. The van der Waals surface area contributed by atoms with Crippen LogP contribution in [0.25, 0.3) is 10.8 Å². The van der Waals surface area contributed by atoms with Gasteiger partial charge in [-0.15, -0.1) is 0 Å². The molecule has 1 aromatic heterocycles. The maximum Gasteiger partial charge on any atom is 0.354 e. The molecule has 1 saturated carbocycles. The molecule has 21 heavy (non-hydrogen) atoms. The van der Waals surface area contributed by atoms with Crippen molar-refractivity contribution in [2.75, 3.05) is 11.9 Å². The second kappa shape index (κ2) is 5.40. The van der Waals surface area contributed by atoms with E-state index in [1.165, 1.54) is 6.07 Å². The lowest BCUT2D eigenvalue weighted by Crippen LogP contribution is -2.31. The highest BCUT2D eigenvalue weighted by Gasteiger charge is 2.23. The van der Waals surface area contributed by atoms with Gasteiger partial charge in [-0.2, -0.15) is 0 Å². The summed E-state index contributed by atoms with van der Waals surface area (Å²) < 4.78 is 0. The molecular formula is C15H15N3O3. The summed E-state index contributed by atoms with van der Waals surface area (Å²) in [7, 11) is 0. The van der Waals surface area contributed by atoms with Crippen molar-refractivity contribution >= 4 is 28.5 Å². The van der Waals surface area contributed by atoms with Crippen molar-refractivity contribution in [3.63, 3.8) is 0 Å². The highest BCUT2D eigenvalue weighted by molar-refractivity contribution is 5.98. The first-order valence-electron chi connectivity index (χ1n) is 6.80. The molecule has 1 fully saturated rings. The lowest BCUT2D eigenvalue weighted by atomic mass is 10.1. The van der Waals surface area contributed by atoms with Crippen LogP contribution in [-0.4, -0.2) is 34.6 Å². The summed E-state index contributed by atoms with van der Waals surface area (Å²) in [5, 5.41) is 16.5. The summed E-state index contributed by atoms with van der Waals surface area (Å²) in [5.74, 6) is -0.785. The third-order valence-electron chi connectivity index (χ3n) is 3.32. The number of benzene rings is 1. The maximum absolute atomic E-state index is 11.7. The van der Waals surface area contributed by atoms with Crippen LogP contribution in [0, 0.1) is 0 Å². The summed E-state index contributed by atoms with van der Waals surface area (Å²) in [5.41, 5.74) is -0.0428. The normalized spacial score (nSPS) is 13.9. The highest BCUT2D eigenvalue weighted by Crippen LogP contribution is 2.22. The van der Waals surface area contributed by atoms with E-state index in [9.17, 15) is 9.59 Å². The number of hydrogen-bond donors (Lipinski definition) is 3. The number of rotatable bonds is 5. The van der Waals surface area contributed by atoms with E-state index in [-0.39, 0.29) is 18.1 Å². The van der Waals surface area contributed by atoms with Crippen LogP contribution >= 0.6 is 0 Å². The van der Waals surface area contributed by atoms with E-state index in [1.54, 1.807) is 0 Å². The van der Waals surface area contributed by atoms with E-state index in [1.807, 2.05) is 24.3 Å². The Kier molecular flexibility index (Phi) is 3.43. The number of nitrogens with one attached hydrogen (secondary N) is 2. The minimum Gasteiger partial charge on any atom is -0.477 e. The van der Waals surface area contributed by atoms with Crippen LogP contribution in [0.2, 0.25) is 0 Å². The van der Waals surface area contributed by atoms with Gasteiger partial charge in [0.25, 0.3) is 0 Å². The van der Waals surface area contributed by atoms with Crippen LogP contribution in [-0.2, 0) is 4.79 Å². The SMILES string of the molecule is O=C(CNc1nc(C(=O)O)cc2ccccc12)NC1CC1. The van der Waals surface area contributed by atoms with Crippen LogP contribution in [0.4, 0.5) is 5.82 Å². The quantitative estimate of drug-likeness (QED) is 0.776. The first-order valence-corrected chi connectivity index (χ1v) is 6.80. The van der Waals surface area contributed by atoms with Gasteiger partial charge in [0.1, 0.15) is 5.82 Å². The molecule has 6 heteroatoms. The van der Waals surface area contributed by atoms with Gasteiger partial charge in [0.2, 0.25) is 5.91 Å². The molecule has 0 radical (unpaired) electrons. The number of fused-ring (bicyclic) bond motifs is 1. The first kappa shape index (κ1) is 13.4. The zero-order valence-electron chi connectivity index (χ0n) is 11.3. The molecule has 0 atom stereocenters. The average Bonchev–Trinajstić information content (AvgIpc) is 3.28. The van der Waals surface area contributed by atoms with Crippen molar-refractivity contribution < 1.29 is 14.7 Å². The van der Waals surface area contributed by atoms with Gasteiger partial charge in [0.05, 0.1) is 6.54 Å². The number of carboxylic acids is 1. The van der Waals surface area contributed by atoms with E-state index >= 15 is 0 Å². The summed E-state index contributed by atoms with van der Waals surface area (Å²) in [6, 6.07) is 9.16. The molecule has 0 unspecified atom stereocenters. The van der Waals surface area contributed by atoms with Gasteiger partial charge in [0.15, 0.2) is 5.69 Å². The van der Waals surface area contributed by atoms with Crippen molar-refractivity contribution in [1.29, 1.82) is 0 Å². The zero-order chi connectivity index (χ0) is 14.8. The number of aromatic carboxylic acids is 1. The van der Waals surface area contributed by atoms with E-state index in [0.717, 1.165) is 23.6 Å². The Bertz CT molecular complexity index is 710. The van der Waals surface area contributed by atoms with Gasteiger partial charge >= 0.3 is 5.97 Å². The number of aromatic nitrogens is 1. The fraction of sp³-hybridized carbons (Fsp3) is 0.267. The summed E-state index contributed by atoms with van der Waals surface area (Å²) in [4.78, 5) is 26.9. The number of anilines is 1. The number of pyridine rings is 1. The fourth-order valence-electron chi connectivity index (χ4n) is 2.11. The van der Waals surface area contributed by atoms with Gasteiger partial charge in [-0.1, -0.05) is 24.3 Å². The lowest BCUT2D eigenvalue weighted by Gasteiger charge is -2.10. The smallest absolute Gasteiger partial charge is 0.354 e. The lowest BCUT2D eigenvalue weighted by molar-refractivity contribution is -0.119. The number of nitrogens with zero attached hydrogens (tertiary/aromatic N) is 1. The molecular weight excluding hydrogens is 270 g/mol. The van der Waals surface area contributed by atoms with Crippen LogP contribution < -0.4 is 10.6 Å². The first-order chi connectivity index (χ1) is 10.1. The minimum absolute atomic E-state index is 0.0428. The third-order valence-corrected chi connectivity index (χ3v) is 3.32. The van der Waals surface area contributed by atoms with Crippen molar-refractivity contribution in [3.05, 3.63) is 36.0 Å². The molecule has 2 aromatic rings. The molecule has 0 spiro atoms. The number of carbonyl (C=O) groups is 2. The van der Waals surface area contributed by atoms with E-state index < -0.39 is 5.97 Å². The summed E-state index contributed by atoms with van der Waals surface area (Å²) in [6.07, 6.45) is 2.06. The zero-order valence-corrected chi connectivity index (χ0v) is 11.3. The Morgan fingerprint density at radius 2 is 2.05 bits per heavy atom. The van der Waals surface area contributed by atoms with Crippen molar-refractivity contribution in [3.8, 4) is 0 Å². The molecule has 3 rings (SSSR count). The van der Waals surface area contributed by atoms with Gasteiger partial charge in [-0.3, -0.25) is 4.79 Å². The molecule has 1 aliphatic rings. The molecule has 108 valence electrons. The Morgan fingerprint density at radius 3 is 2.76 bits per heavy atom. The highest BCUT2D eigenvalue weighted by atomic mass is 16.4. The van der Waals surface area contributed by atoms with Crippen LogP contribution in [0.5, 0.6) is 0 Å². The Labute approximate surface area is 121 Å².